The zero-order valence-electron chi connectivity index (χ0n) is 12.1. The van der Waals surface area contributed by atoms with Crippen molar-refractivity contribution in [2.24, 2.45) is 5.92 Å². The van der Waals surface area contributed by atoms with Gasteiger partial charge in [0.2, 0.25) is 0 Å². The van der Waals surface area contributed by atoms with Gasteiger partial charge < -0.3 is 10.2 Å². The second-order valence-electron chi connectivity index (χ2n) is 5.91. The summed E-state index contributed by atoms with van der Waals surface area (Å²) in [5.74, 6) is 0.720. The van der Waals surface area contributed by atoms with Gasteiger partial charge >= 0.3 is 0 Å². The molecule has 0 amide bonds. The van der Waals surface area contributed by atoms with Gasteiger partial charge in [0.15, 0.2) is 0 Å². The average Bonchev–Trinajstić information content (AvgIpc) is 2.37. The predicted molar refractivity (Wildman–Crippen MR) is 77.7 cm³/mol. The molecule has 2 rings (SSSR count). The number of benzene rings is 1. The number of hydrogen-bond donors (Lipinski definition) is 1. The minimum atomic E-state index is 0.439. The lowest BCUT2D eigenvalue weighted by Crippen LogP contribution is -2.51. The van der Waals surface area contributed by atoms with Crippen molar-refractivity contribution >= 4 is 0 Å². The zero-order valence-corrected chi connectivity index (χ0v) is 12.1. The van der Waals surface area contributed by atoms with Crippen LogP contribution in [0, 0.1) is 5.92 Å². The van der Waals surface area contributed by atoms with E-state index in [4.69, 9.17) is 0 Å². The molecular formula is C16H26N2. The highest BCUT2D eigenvalue weighted by Gasteiger charge is 2.29. The summed E-state index contributed by atoms with van der Waals surface area (Å²) in [6, 6.07) is 12.5. The lowest BCUT2D eigenvalue weighted by Gasteiger charge is -2.41. The first-order valence-electron chi connectivity index (χ1n) is 7.09. The third kappa shape index (κ3) is 3.12. The molecule has 1 aromatic carbocycles. The molecule has 1 aliphatic rings. The van der Waals surface area contributed by atoms with Crippen LogP contribution >= 0.6 is 0 Å². The summed E-state index contributed by atoms with van der Waals surface area (Å²) < 4.78 is 0. The van der Waals surface area contributed by atoms with Gasteiger partial charge in [0.1, 0.15) is 0 Å². The van der Waals surface area contributed by atoms with Crippen LogP contribution < -0.4 is 5.32 Å². The first-order valence-corrected chi connectivity index (χ1v) is 7.09. The van der Waals surface area contributed by atoms with E-state index in [0.29, 0.717) is 18.1 Å². The monoisotopic (exact) mass is 246 g/mol. The smallest absolute Gasteiger partial charge is 0.0294 e. The van der Waals surface area contributed by atoms with Crippen molar-refractivity contribution in [3.8, 4) is 0 Å². The molecule has 0 saturated carbocycles. The first kappa shape index (κ1) is 13.6. The number of nitrogens with zero attached hydrogens (tertiary/aromatic N) is 1. The Morgan fingerprint density at radius 3 is 2.56 bits per heavy atom. The van der Waals surface area contributed by atoms with Gasteiger partial charge in [-0.05, 0) is 38.8 Å². The standard InChI is InChI=1S/C16H26N2/c1-12-11-18(4)13(2)10-16(12)17-14(3)15-8-6-5-7-9-15/h5-9,12-14,16-17H,10-11H2,1-4H3/t12-,13-,14+,16-/m1/s1. The molecule has 100 valence electrons. The largest absolute Gasteiger partial charge is 0.307 e. The Kier molecular flexibility index (Phi) is 4.41. The molecule has 0 radical (unpaired) electrons. The topological polar surface area (TPSA) is 15.3 Å². The van der Waals surface area contributed by atoms with Crippen molar-refractivity contribution in [2.75, 3.05) is 13.6 Å². The van der Waals surface area contributed by atoms with Crippen molar-refractivity contribution < 1.29 is 0 Å². The predicted octanol–water partition coefficient (Wildman–Crippen LogP) is 3.07. The summed E-state index contributed by atoms with van der Waals surface area (Å²) in [5.41, 5.74) is 1.39. The van der Waals surface area contributed by atoms with E-state index in [1.54, 1.807) is 0 Å². The first-order chi connectivity index (χ1) is 8.58. The molecule has 1 aliphatic heterocycles. The molecule has 18 heavy (non-hydrogen) atoms. The third-order valence-electron chi connectivity index (χ3n) is 4.37. The molecule has 2 heteroatoms. The fourth-order valence-corrected chi connectivity index (χ4v) is 2.93. The molecule has 2 nitrogen and oxygen atoms in total. The van der Waals surface area contributed by atoms with Crippen LogP contribution in [0.1, 0.15) is 38.8 Å². The third-order valence-corrected chi connectivity index (χ3v) is 4.37. The molecule has 0 bridgehead atoms. The second kappa shape index (κ2) is 5.85. The van der Waals surface area contributed by atoms with Crippen molar-refractivity contribution in [1.29, 1.82) is 0 Å². The van der Waals surface area contributed by atoms with E-state index in [1.165, 1.54) is 18.5 Å². The SMILES string of the molecule is C[C@H](N[C@@H]1C[C@@H](C)N(C)C[C@H]1C)c1ccccc1. The van der Waals surface area contributed by atoms with Gasteiger partial charge in [-0.25, -0.2) is 0 Å². The molecule has 1 heterocycles. The van der Waals surface area contributed by atoms with Crippen molar-refractivity contribution in [3.63, 3.8) is 0 Å². The van der Waals surface area contributed by atoms with Gasteiger partial charge in [0.05, 0.1) is 0 Å². The summed E-state index contributed by atoms with van der Waals surface area (Å²) in [5, 5.41) is 3.81. The molecular weight excluding hydrogens is 220 g/mol. The second-order valence-corrected chi connectivity index (χ2v) is 5.91. The van der Waals surface area contributed by atoms with Gasteiger partial charge in [-0.15, -0.1) is 0 Å². The highest BCUT2D eigenvalue weighted by molar-refractivity contribution is 5.18. The molecule has 1 N–H and O–H groups in total. The summed E-state index contributed by atoms with van der Waals surface area (Å²) in [6.45, 7) is 8.15. The van der Waals surface area contributed by atoms with Crippen molar-refractivity contribution in [3.05, 3.63) is 35.9 Å². The summed E-state index contributed by atoms with van der Waals surface area (Å²) in [6.07, 6.45) is 1.24. The van der Waals surface area contributed by atoms with Gasteiger partial charge in [-0.2, -0.15) is 0 Å². The van der Waals surface area contributed by atoms with Crippen LogP contribution in [0.3, 0.4) is 0 Å². The summed E-state index contributed by atoms with van der Waals surface area (Å²) >= 11 is 0. The van der Waals surface area contributed by atoms with Crippen molar-refractivity contribution in [1.82, 2.24) is 10.2 Å². The Morgan fingerprint density at radius 2 is 1.89 bits per heavy atom. The van der Waals surface area contributed by atoms with Crippen LogP contribution in [0.4, 0.5) is 0 Å². The fourth-order valence-electron chi connectivity index (χ4n) is 2.93. The van der Waals surface area contributed by atoms with Crippen molar-refractivity contribution in [2.45, 2.75) is 45.3 Å². The maximum atomic E-state index is 3.81. The number of piperidine rings is 1. The molecule has 0 aromatic heterocycles. The van der Waals surface area contributed by atoms with E-state index in [1.807, 2.05) is 0 Å². The zero-order chi connectivity index (χ0) is 13.1. The van der Waals surface area contributed by atoms with Crippen LogP contribution in [-0.2, 0) is 0 Å². The van der Waals surface area contributed by atoms with Crippen LogP contribution in [0.2, 0.25) is 0 Å². The molecule has 0 unspecified atom stereocenters. The van der Waals surface area contributed by atoms with E-state index in [9.17, 15) is 0 Å². The Balaban J connectivity index is 1.97. The molecule has 0 spiro atoms. The van der Waals surface area contributed by atoms with Gasteiger partial charge in [-0.3, -0.25) is 0 Å². The minimum absolute atomic E-state index is 0.439. The Labute approximate surface area is 111 Å². The quantitative estimate of drug-likeness (QED) is 0.882. The molecule has 1 saturated heterocycles. The van der Waals surface area contributed by atoms with E-state index >= 15 is 0 Å². The number of nitrogens with one attached hydrogen (secondary N) is 1. The van der Waals surface area contributed by atoms with Gasteiger partial charge in [0, 0.05) is 24.7 Å². The van der Waals surface area contributed by atoms with E-state index in [2.05, 4.69) is 68.4 Å². The Bertz CT molecular complexity index is 363. The fraction of sp³-hybridized carbons (Fsp3) is 0.625. The minimum Gasteiger partial charge on any atom is -0.307 e. The van der Waals surface area contributed by atoms with Crippen LogP contribution in [0.5, 0.6) is 0 Å². The lowest BCUT2D eigenvalue weighted by atomic mass is 9.89. The lowest BCUT2D eigenvalue weighted by molar-refractivity contribution is 0.116. The normalized spacial score (nSPS) is 31.2. The van der Waals surface area contributed by atoms with E-state index in [-0.39, 0.29) is 0 Å². The molecule has 4 atom stereocenters. The highest BCUT2D eigenvalue weighted by atomic mass is 15.2. The Hall–Kier alpha value is -0.860. The van der Waals surface area contributed by atoms with Crippen LogP contribution in [0.15, 0.2) is 30.3 Å². The number of rotatable bonds is 3. The summed E-state index contributed by atoms with van der Waals surface area (Å²) in [4.78, 5) is 2.47. The van der Waals surface area contributed by atoms with Gasteiger partial charge in [-0.1, -0.05) is 37.3 Å². The van der Waals surface area contributed by atoms with E-state index in [0.717, 1.165) is 5.92 Å². The number of likely N-dealkylation sites (tertiary alicyclic amines) is 1. The van der Waals surface area contributed by atoms with Crippen LogP contribution in [-0.4, -0.2) is 30.6 Å². The van der Waals surface area contributed by atoms with Gasteiger partial charge in [0.25, 0.3) is 0 Å². The summed E-state index contributed by atoms with van der Waals surface area (Å²) in [7, 11) is 2.23. The highest BCUT2D eigenvalue weighted by Crippen LogP contribution is 2.23. The van der Waals surface area contributed by atoms with Crippen LogP contribution in [0.25, 0.3) is 0 Å². The maximum absolute atomic E-state index is 3.81. The maximum Gasteiger partial charge on any atom is 0.0294 e. The average molecular weight is 246 g/mol. The number of hydrogen-bond acceptors (Lipinski definition) is 2. The van der Waals surface area contributed by atoms with E-state index < -0.39 is 0 Å². The molecule has 1 aromatic rings. The molecule has 0 aliphatic carbocycles. The Morgan fingerprint density at radius 1 is 1.22 bits per heavy atom. The molecule has 1 fully saturated rings.